The number of nitrogens with zero attached hydrogens (tertiary/aromatic N) is 7. The Morgan fingerprint density at radius 1 is 1.32 bits per heavy atom. The predicted molar refractivity (Wildman–Crippen MR) is 100 cm³/mol. The second-order valence-corrected chi connectivity index (χ2v) is 6.94. The largest absolute Gasteiger partial charge is 0.379 e. The third kappa shape index (κ3) is 3.29. The van der Waals surface area contributed by atoms with Gasteiger partial charge in [-0.05, 0) is 12.5 Å². The van der Waals surface area contributed by atoms with Crippen molar-refractivity contribution >= 4 is 5.91 Å². The van der Waals surface area contributed by atoms with Crippen LogP contribution in [0.4, 0.5) is 0 Å². The zero-order chi connectivity index (χ0) is 19.7. The number of amides is 1. The Labute approximate surface area is 162 Å². The van der Waals surface area contributed by atoms with E-state index >= 15 is 0 Å². The fraction of sp³-hybridized carbons (Fsp3) is 0.421. The summed E-state index contributed by atoms with van der Waals surface area (Å²) in [6, 6.07) is 1.84. The molecule has 146 valence electrons. The highest BCUT2D eigenvalue weighted by Crippen LogP contribution is 2.23. The Hall–Kier alpha value is -3.07. The van der Waals surface area contributed by atoms with E-state index in [-0.39, 0.29) is 5.91 Å². The molecule has 0 radical (unpaired) electrons. The third-order valence-corrected chi connectivity index (χ3v) is 5.00. The molecule has 0 spiro atoms. The maximum Gasteiger partial charge on any atom is 0.257 e. The Morgan fingerprint density at radius 3 is 2.93 bits per heavy atom. The van der Waals surface area contributed by atoms with E-state index in [4.69, 9.17) is 0 Å². The first-order valence-electron chi connectivity index (χ1n) is 9.38. The lowest BCUT2D eigenvalue weighted by Crippen LogP contribution is -2.39. The molecule has 0 fully saturated rings. The van der Waals surface area contributed by atoms with Gasteiger partial charge in [0.1, 0.15) is 12.2 Å². The average Bonchev–Trinajstić information content (AvgIpc) is 3.33. The van der Waals surface area contributed by atoms with E-state index in [1.54, 1.807) is 28.1 Å². The number of rotatable bonds is 5. The average molecular weight is 381 g/mol. The van der Waals surface area contributed by atoms with Crippen molar-refractivity contribution in [2.24, 2.45) is 7.05 Å². The maximum atomic E-state index is 13.0. The van der Waals surface area contributed by atoms with Crippen molar-refractivity contribution in [1.82, 2.24) is 34.2 Å². The van der Waals surface area contributed by atoms with E-state index in [1.807, 2.05) is 17.8 Å². The van der Waals surface area contributed by atoms with Crippen molar-refractivity contribution in [3.8, 4) is 0 Å². The van der Waals surface area contributed by atoms with E-state index in [0.717, 1.165) is 24.2 Å². The van der Waals surface area contributed by atoms with Crippen LogP contribution in [0.5, 0.6) is 0 Å². The molecule has 3 aromatic heterocycles. The third-order valence-electron chi connectivity index (χ3n) is 5.00. The molecule has 0 aromatic carbocycles. The van der Waals surface area contributed by atoms with E-state index < -0.39 is 6.10 Å². The summed E-state index contributed by atoms with van der Waals surface area (Å²) in [5, 5.41) is 15.1. The summed E-state index contributed by atoms with van der Waals surface area (Å²) in [7, 11) is 1.83. The van der Waals surface area contributed by atoms with Gasteiger partial charge in [0.2, 0.25) is 0 Å². The van der Waals surface area contributed by atoms with E-state index in [0.29, 0.717) is 36.7 Å². The molecule has 0 saturated heterocycles. The molecule has 0 bridgehead atoms. The smallest absolute Gasteiger partial charge is 0.257 e. The van der Waals surface area contributed by atoms with E-state index in [9.17, 15) is 9.90 Å². The lowest BCUT2D eigenvalue weighted by molar-refractivity contribution is 0.0703. The molecule has 1 atom stereocenters. The molecule has 1 aliphatic rings. The molecule has 1 N–H and O–H groups in total. The van der Waals surface area contributed by atoms with Gasteiger partial charge >= 0.3 is 0 Å². The second-order valence-electron chi connectivity index (χ2n) is 6.94. The fourth-order valence-electron chi connectivity index (χ4n) is 3.51. The molecule has 9 heteroatoms. The van der Waals surface area contributed by atoms with Crippen molar-refractivity contribution < 1.29 is 9.90 Å². The lowest BCUT2D eigenvalue weighted by Gasteiger charge is -2.28. The molecular weight excluding hydrogens is 358 g/mol. The summed E-state index contributed by atoms with van der Waals surface area (Å²) in [5.41, 5.74) is 2.77. The van der Waals surface area contributed by atoms with Gasteiger partial charge in [-0.15, -0.1) is 0 Å². The van der Waals surface area contributed by atoms with Gasteiger partial charge in [-0.3, -0.25) is 9.48 Å². The van der Waals surface area contributed by atoms with Crippen LogP contribution in [-0.4, -0.2) is 51.8 Å². The van der Waals surface area contributed by atoms with Gasteiger partial charge < -0.3 is 14.6 Å². The summed E-state index contributed by atoms with van der Waals surface area (Å²) in [4.78, 5) is 27.3. The van der Waals surface area contributed by atoms with Gasteiger partial charge in [0, 0.05) is 32.2 Å². The Bertz CT molecular complexity index is 994. The summed E-state index contributed by atoms with van der Waals surface area (Å²) in [5.74, 6) is 0.469. The monoisotopic (exact) mass is 381 g/mol. The lowest BCUT2D eigenvalue weighted by atomic mass is 10.1. The van der Waals surface area contributed by atoms with Crippen LogP contribution in [0.15, 0.2) is 31.0 Å². The molecule has 1 aliphatic heterocycles. The van der Waals surface area contributed by atoms with Crippen LogP contribution in [0, 0.1) is 0 Å². The first-order valence-corrected chi connectivity index (χ1v) is 9.38. The summed E-state index contributed by atoms with van der Waals surface area (Å²) in [6.45, 7) is 3.61. The number of aliphatic hydroxyl groups is 1. The van der Waals surface area contributed by atoms with Crippen LogP contribution in [0.3, 0.4) is 0 Å². The summed E-state index contributed by atoms with van der Waals surface area (Å²) >= 11 is 0. The van der Waals surface area contributed by atoms with Crippen LogP contribution >= 0.6 is 0 Å². The predicted octanol–water partition coefficient (Wildman–Crippen LogP) is 1.10. The molecule has 28 heavy (non-hydrogen) atoms. The number of aromatic nitrogens is 6. The number of carbonyl (C=O) groups excluding carboxylic acids is 1. The number of aliphatic hydroxyl groups excluding tert-OH is 1. The van der Waals surface area contributed by atoms with Crippen molar-refractivity contribution in [3.63, 3.8) is 0 Å². The topological polar surface area (TPSA) is 102 Å². The molecule has 9 nitrogen and oxygen atoms in total. The maximum absolute atomic E-state index is 13.0. The highest BCUT2D eigenvalue weighted by molar-refractivity contribution is 5.95. The number of hydrogen-bond donors (Lipinski definition) is 1. The fourth-order valence-corrected chi connectivity index (χ4v) is 3.51. The number of imidazole rings is 1. The van der Waals surface area contributed by atoms with Gasteiger partial charge in [-0.2, -0.15) is 5.10 Å². The molecule has 0 aliphatic carbocycles. The summed E-state index contributed by atoms with van der Waals surface area (Å²) in [6.07, 6.45) is 7.27. The Morgan fingerprint density at radius 2 is 2.18 bits per heavy atom. The minimum absolute atomic E-state index is 0.0669. The number of hydrogen-bond acceptors (Lipinski definition) is 6. The quantitative estimate of drug-likeness (QED) is 0.710. The minimum Gasteiger partial charge on any atom is -0.379 e. The van der Waals surface area contributed by atoms with Crippen LogP contribution in [-0.2, 0) is 26.6 Å². The van der Waals surface area contributed by atoms with E-state index in [2.05, 4.69) is 27.0 Å². The second kappa shape index (κ2) is 7.51. The first-order chi connectivity index (χ1) is 13.6. The zero-order valence-electron chi connectivity index (χ0n) is 16.0. The van der Waals surface area contributed by atoms with Crippen molar-refractivity contribution in [2.75, 3.05) is 6.54 Å². The van der Waals surface area contributed by atoms with Crippen LogP contribution < -0.4 is 0 Å². The molecule has 4 rings (SSSR count). The Kier molecular flexibility index (Phi) is 4.91. The van der Waals surface area contributed by atoms with Crippen LogP contribution in [0.1, 0.15) is 52.7 Å². The van der Waals surface area contributed by atoms with E-state index in [1.165, 1.54) is 6.33 Å². The van der Waals surface area contributed by atoms with Crippen LogP contribution in [0.25, 0.3) is 0 Å². The van der Waals surface area contributed by atoms with Gasteiger partial charge in [-0.1, -0.05) is 13.3 Å². The highest BCUT2D eigenvalue weighted by atomic mass is 16.3. The van der Waals surface area contributed by atoms with Crippen molar-refractivity contribution in [3.05, 3.63) is 59.5 Å². The molecule has 4 heterocycles. The van der Waals surface area contributed by atoms with Gasteiger partial charge in [0.15, 0.2) is 6.10 Å². The zero-order valence-corrected chi connectivity index (χ0v) is 16.0. The van der Waals surface area contributed by atoms with Gasteiger partial charge in [0.25, 0.3) is 5.91 Å². The minimum atomic E-state index is -0.902. The molecular formula is C19H23N7O2. The molecule has 0 saturated carbocycles. The van der Waals surface area contributed by atoms with Gasteiger partial charge in [-0.25, -0.2) is 15.0 Å². The standard InChI is InChI=1S/C19H23N7O2/c1-3-4-15-14(10-20-12-22-15)19(28)25-7-8-26-13(11-25)9-16(23-26)17(27)18-21-5-6-24(18)2/h5-6,9-10,12,17,27H,3-4,7-8,11H2,1-2H3. The Balaban J connectivity index is 1.55. The normalized spacial score (nSPS) is 14.8. The highest BCUT2D eigenvalue weighted by Gasteiger charge is 2.27. The number of fused-ring (bicyclic) bond motifs is 1. The summed E-state index contributed by atoms with van der Waals surface area (Å²) < 4.78 is 3.61. The van der Waals surface area contributed by atoms with Crippen LogP contribution in [0.2, 0.25) is 0 Å². The molecule has 1 amide bonds. The first kappa shape index (κ1) is 18.3. The SMILES string of the molecule is CCCc1ncncc1C(=O)N1CCn2nc(C(O)c3nccn3C)cc2C1. The van der Waals surface area contributed by atoms with Crippen molar-refractivity contribution in [1.29, 1.82) is 0 Å². The number of aryl methyl sites for hydroxylation is 2. The number of carbonyl (C=O) groups is 1. The molecule has 1 unspecified atom stereocenters. The van der Waals surface area contributed by atoms with Gasteiger partial charge in [0.05, 0.1) is 35.7 Å². The molecule has 3 aromatic rings. The van der Waals surface area contributed by atoms with Crippen molar-refractivity contribution in [2.45, 2.75) is 39.0 Å².